The maximum absolute atomic E-state index is 8.74. The van der Waals surface area contributed by atoms with Crippen molar-refractivity contribution in [3.05, 3.63) is 0 Å². The molecule has 0 aromatic heterocycles. The smallest absolute Gasteiger partial charge is 0.0690 e. The fraction of sp³-hybridized carbons (Fsp3) is 0.889. The van der Waals surface area contributed by atoms with E-state index in [2.05, 4.69) is 25.2 Å². The molecule has 0 atom stereocenters. The van der Waals surface area contributed by atoms with Gasteiger partial charge in [0.2, 0.25) is 0 Å². The molecule has 0 aromatic rings. The minimum absolute atomic E-state index is 0.0713. The largest absolute Gasteiger partial charge is 0.314 e. The van der Waals surface area contributed by atoms with E-state index in [1.165, 1.54) is 0 Å². The van der Waals surface area contributed by atoms with Gasteiger partial charge in [0.25, 0.3) is 0 Å². The number of rotatable bonds is 4. The molecule has 0 bridgehead atoms. The molecule has 1 saturated carbocycles. The molecule has 0 heterocycles. The Morgan fingerprint density at radius 1 is 1.55 bits per heavy atom. The standard InChI is InChI=1S/C9H16N2/c1-8(2)11-6-5-9(7-10)3-4-9/h8,11H,3-6H2,1-2H3. The maximum atomic E-state index is 8.74. The lowest BCUT2D eigenvalue weighted by Gasteiger charge is -2.09. The van der Waals surface area contributed by atoms with Crippen LogP contribution < -0.4 is 5.32 Å². The van der Waals surface area contributed by atoms with Crippen molar-refractivity contribution in [2.75, 3.05) is 6.54 Å². The predicted molar refractivity (Wildman–Crippen MR) is 45.0 cm³/mol. The normalized spacial score (nSPS) is 19.8. The number of hydrogen-bond acceptors (Lipinski definition) is 2. The second-order valence-corrected chi connectivity index (χ2v) is 3.75. The van der Waals surface area contributed by atoms with Crippen molar-refractivity contribution < 1.29 is 0 Å². The number of hydrogen-bond donors (Lipinski definition) is 1. The third kappa shape index (κ3) is 2.51. The quantitative estimate of drug-likeness (QED) is 0.665. The summed E-state index contributed by atoms with van der Waals surface area (Å²) in [7, 11) is 0. The van der Waals surface area contributed by atoms with Crippen molar-refractivity contribution in [1.29, 1.82) is 5.26 Å². The van der Waals surface area contributed by atoms with Gasteiger partial charge in [0.1, 0.15) is 0 Å². The first-order valence-corrected chi connectivity index (χ1v) is 4.33. The number of nitrogens with zero attached hydrogens (tertiary/aromatic N) is 1. The topological polar surface area (TPSA) is 35.8 Å². The van der Waals surface area contributed by atoms with E-state index in [0.717, 1.165) is 25.8 Å². The first-order valence-electron chi connectivity index (χ1n) is 4.33. The third-order valence-electron chi connectivity index (χ3n) is 2.25. The van der Waals surface area contributed by atoms with Gasteiger partial charge in [0.15, 0.2) is 0 Å². The summed E-state index contributed by atoms with van der Waals surface area (Å²) in [6.07, 6.45) is 3.26. The molecule has 2 heteroatoms. The first kappa shape index (κ1) is 8.55. The predicted octanol–water partition coefficient (Wildman–Crippen LogP) is 1.68. The summed E-state index contributed by atoms with van der Waals surface area (Å²) in [6.45, 7) is 5.25. The Hall–Kier alpha value is -0.550. The molecule has 1 rings (SSSR count). The second-order valence-electron chi connectivity index (χ2n) is 3.75. The second kappa shape index (κ2) is 3.23. The summed E-state index contributed by atoms with van der Waals surface area (Å²) >= 11 is 0. The average molecular weight is 152 g/mol. The molecular weight excluding hydrogens is 136 g/mol. The zero-order valence-electron chi connectivity index (χ0n) is 7.35. The highest BCUT2D eigenvalue weighted by Gasteiger charge is 2.42. The molecule has 1 N–H and O–H groups in total. The van der Waals surface area contributed by atoms with Gasteiger partial charge in [-0.1, -0.05) is 13.8 Å². The average Bonchev–Trinajstić information content (AvgIpc) is 2.69. The van der Waals surface area contributed by atoms with E-state index in [-0.39, 0.29) is 5.41 Å². The Kier molecular flexibility index (Phi) is 2.51. The SMILES string of the molecule is CC(C)NCCC1(C#N)CC1. The molecule has 0 saturated heterocycles. The highest BCUT2D eigenvalue weighted by atomic mass is 14.9. The lowest BCUT2D eigenvalue weighted by Crippen LogP contribution is -2.25. The van der Waals surface area contributed by atoms with Gasteiger partial charge in [-0.15, -0.1) is 0 Å². The first-order chi connectivity index (χ1) is 5.18. The molecule has 2 nitrogen and oxygen atoms in total. The number of nitrogens with one attached hydrogen (secondary N) is 1. The minimum atomic E-state index is 0.0713. The van der Waals surface area contributed by atoms with Crippen LogP contribution in [-0.4, -0.2) is 12.6 Å². The Bertz CT molecular complexity index is 163. The van der Waals surface area contributed by atoms with Gasteiger partial charge in [0, 0.05) is 6.04 Å². The zero-order valence-corrected chi connectivity index (χ0v) is 7.35. The van der Waals surface area contributed by atoms with Gasteiger partial charge in [-0.3, -0.25) is 0 Å². The van der Waals surface area contributed by atoms with Crippen LogP contribution in [0.15, 0.2) is 0 Å². The van der Waals surface area contributed by atoms with Gasteiger partial charge in [-0.25, -0.2) is 0 Å². The lowest BCUT2D eigenvalue weighted by molar-refractivity contribution is 0.507. The fourth-order valence-corrected chi connectivity index (χ4v) is 1.17. The summed E-state index contributed by atoms with van der Waals surface area (Å²) in [6, 6.07) is 2.93. The van der Waals surface area contributed by atoms with Crippen molar-refractivity contribution in [1.82, 2.24) is 5.32 Å². The molecule has 1 aliphatic carbocycles. The molecule has 62 valence electrons. The summed E-state index contributed by atoms with van der Waals surface area (Å²) in [5, 5.41) is 12.1. The highest BCUT2D eigenvalue weighted by Crippen LogP contribution is 2.47. The molecule has 1 fully saturated rings. The van der Waals surface area contributed by atoms with E-state index >= 15 is 0 Å². The van der Waals surface area contributed by atoms with E-state index in [0.29, 0.717) is 6.04 Å². The Labute approximate surface area is 68.6 Å². The van der Waals surface area contributed by atoms with Crippen molar-refractivity contribution in [3.8, 4) is 6.07 Å². The van der Waals surface area contributed by atoms with Gasteiger partial charge < -0.3 is 5.32 Å². The van der Waals surface area contributed by atoms with Gasteiger partial charge in [0.05, 0.1) is 11.5 Å². The van der Waals surface area contributed by atoms with Crippen LogP contribution in [-0.2, 0) is 0 Å². The fourth-order valence-electron chi connectivity index (χ4n) is 1.17. The monoisotopic (exact) mass is 152 g/mol. The molecule has 0 aromatic carbocycles. The maximum Gasteiger partial charge on any atom is 0.0690 e. The van der Waals surface area contributed by atoms with Crippen molar-refractivity contribution in [2.45, 2.75) is 39.2 Å². The summed E-state index contributed by atoms with van der Waals surface area (Å²) < 4.78 is 0. The number of nitriles is 1. The van der Waals surface area contributed by atoms with Gasteiger partial charge >= 0.3 is 0 Å². The molecule has 0 unspecified atom stereocenters. The third-order valence-corrected chi connectivity index (χ3v) is 2.25. The molecule has 1 aliphatic rings. The van der Waals surface area contributed by atoms with Crippen molar-refractivity contribution >= 4 is 0 Å². The van der Waals surface area contributed by atoms with Crippen LogP contribution in [0.2, 0.25) is 0 Å². The zero-order chi connectivity index (χ0) is 8.32. The Morgan fingerprint density at radius 2 is 2.18 bits per heavy atom. The van der Waals surface area contributed by atoms with E-state index < -0.39 is 0 Å². The molecule has 11 heavy (non-hydrogen) atoms. The van der Waals surface area contributed by atoms with E-state index in [4.69, 9.17) is 5.26 Å². The summed E-state index contributed by atoms with van der Waals surface area (Å²) in [5.41, 5.74) is 0.0713. The van der Waals surface area contributed by atoms with Crippen LogP contribution in [0, 0.1) is 16.7 Å². The van der Waals surface area contributed by atoms with Gasteiger partial charge in [-0.2, -0.15) is 5.26 Å². The Balaban J connectivity index is 2.09. The van der Waals surface area contributed by atoms with E-state index in [1.807, 2.05) is 0 Å². The van der Waals surface area contributed by atoms with Crippen LogP contribution in [0.3, 0.4) is 0 Å². The molecular formula is C9H16N2. The van der Waals surface area contributed by atoms with Crippen LogP contribution in [0.1, 0.15) is 33.1 Å². The Morgan fingerprint density at radius 3 is 2.55 bits per heavy atom. The van der Waals surface area contributed by atoms with Crippen LogP contribution in [0.4, 0.5) is 0 Å². The van der Waals surface area contributed by atoms with Crippen LogP contribution >= 0.6 is 0 Å². The van der Waals surface area contributed by atoms with Crippen molar-refractivity contribution in [3.63, 3.8) is 0 Å². The summed E-state index contributed by atoms with van der Waals surface area (Å²) in [4.78, 5) is 0. The summed E-state index contributed by atoms with van der Waals surface area (Å²) in [5.74, 6) is 0. The van der Waals surface area contributed by atoms with E-state index in [9.17, 15) is 0 Å². The minimum Gasteiger partial charge on any atom is -0.314 e. The van der Waals surface area contributed by atoms with Gasteiger partial charge in [-0.05, 0) is 25.8 Å². The van der Waals surface area contributed by atoms with Crippen molar-refractivity contribution in [2.24, 2.45) is 5.41 Å². The molecule has 0 amide bonds. The highest BCUT2D eigenvalue weighted by molar-refractivity contribution is 5.09. The molecule has 0 aliphatic heterocycles. The van der Waals surface area contributed by atoms with Crippen LogP contribution in [0.5, 0.6) is 0 Å². The molecule has 0 spiro atoms. The lowest BCUT2D eigenvalue weighted by atomic mass is 10.1. The van der Waals surface area contributed by atoms with Crippen LogP contribution in [0.25, 0.3) is 0 Å². The molecule has 0 radical (unpaired) electrons. The van der Waals surface area contributed by atoms with E-state index in [1.54, 1.807) is 0 Å².